The molecule has 0 radical (unpaired) electrons. The predicted octanol–water partition coefficient (Wildman–Crippen LogP) is 5.14. The van der Waals surface area contributed by atoms with Gasteiger partial charge < -0.3 is 19.4 Å². The van der Waals surface area contributed by atoms with Gasteiger partial charge in [0, 0.05) is 56.7 Å². The van der Waals surface area contributed by atoms with Gasteiger partial charge in [-0.2, -0.15) is 0 Å². The maximum Gasteiger partial charge on any atom is 0.254 e. The average molecular weight is 556 g/mol. The van der Waals surface area contributed by atoms with E-state index in [2.05, 4.69) is 14.8 Å². The van der Waals surface area contributed by atoms with Crippen molar-refractivity contribution in [2.75, 3.05) is 49.1 Å². The first-order valence-electron chi connectivity index (χ1n) is 12.8. The molecule has 0 spiro atoms. The molecule has 3 aromatic rings. The summed E-state index contributed by atoms with van der Waals surface area (Å²) in [6.45, 7) is 7.95. The van der Waals surface area contributed by atoms with Crippen LogP contribution in [0.2, 0.25) is 5.15 Å². The van der Waals surface area contributed by atoms with Crippen molar-refractivity contribution in [2.45, 2.75) is 37.0 Å². The summed E-state index contributed by atoms with van der Waals surface area (Å²) >= 11 is 7.84. The number of benzene rings is 2. The van der Waals surface area contributed by atoms with Crippen molar-refractivity contribution in [1.29, 1.82) is 0 Å². The second-order valence-corrected chi connectivity index (χ2v) is 11.0. The summed E-state index contributed by atoms with van der Waals surface area (Å²) in [6.07, 6.45) is 0.0520. The van der Waals surface area contributed by atoms with E-state index >= 15 is 0 Å². The van der Waals surface area contributed by atoms with E-state index in [1.807, 2.05) is 55.1 Å². The van der Waals surface area contributed by atoms with Crippen LogP contribution in [0, 0.1) is 5.82 Å². The van der Waals surface area contributed by atoms with Gasteiger partial charge in [-0.15, -0.1) is 0 Å². The number of aromatic nitrogens is 2. The first-order chi connectivity index (χ1) is 18.4. The lowest BCUT2D eigenvalue weighted by Crippen LogP contribution is -2.48. The van der Waals surface area contributed by atoms with Gasteiger partial charge in [0.2, 0.25) is 0 Å². The number of halogens is 2. The van der Waals surface area contributed by atoms with Crippen LogP contribution < -0.4 is 9.80 Å². The number of para-hydroxylation sites is 1. The highest BCUT2D eigenvalue weighted by atomic mass is 35.5. The molecule has 2 aliphatic heterocycles. The van der Waals surface area contributed by atoms with Crippen LogP contribution in [-0.2, 0) is 10.5 Å². The zero-order valence-electron chi connectivity index (χ0n) is 21.5. The van der Waals surface area contributed by atoms with Crippen molar-refractivity contribution in [3.8, 4) is 0 Å². The smallest absolute Gasteiger partial charge is 0.254 e. The number of anilines is 2. The number of thioether (sulfide) groups is 1. The summed E-state index contributed by atoms with van der Waals surface area (Å²) in [5, 5.41) is 0.963. The SMILES string of the molecule is CC1CN(C(=O)c2cccc(CSc3nc(Cl)cc(N4CCN(c5ccccc5F)CC4)n3)c2)CC(C)O1. The van der Waals surface area contributed by atoms with Crippen LogP contribution in [0.3, 0.4) is 0 Å². The fraction of sp³-hybridized carbons (Fsp3) is 0.393. The molecule has 10 heteroatoms. The van der Waals surface area contributed by atoms with E-state index in [0.717, 1.165) is 11.4 Å². The van der Waals surface area contributed by atoms with Crippen LogP contribution in [0.5, 0.6) is 0 Å². The molecule has 0 N–H and O–H groups in total. The van der Waals surface area contributed by atoms with Crippen LogP contribution in [0.4, 0.5) is 15.9 Å². The van der Waals surface area contributed by atoms with Gasteiger partial charge in [0.25, 0.3) is 5.91 Å². The highest BCUT2D eigenvalue weighted by Crippen LogP contribution is 2.27. The number of nitrogens with zero attached hydrogens (tertiary/aromatic N) is 5. The third-order valence-corrected chi connectivity index (χ3v) is 7.82. The first kappa shape index (κ1) is 26.7. The molecule has 2 saturated heterocycles. The van der Waals surface area contributed by atoms with Gasteiger partial charge >= 0.3 is 0 Å². The number of ether oxygens (including phenoxy) is 1. The summed E-state index contributed by atoms with van der Waals surface area (Å²) in [5.41, 5.74) is 2.31. The van der Waals surface area contributed by atoms with Gasteiger partial charge in [-0.3, -0.25) is 4.79 Å². The molecule has 1 amide bonds. The van der Waals surface area contributed by atoms with Crippen molar-refractivity contribution in [3.05, 3.63) is 76.7 Å². The third-order valence-electron chi connectivity index (χ3n) is 6.71. The molecule has 200 valence electrons. The number of carbonyl (C=O) groups excluding carboxylic acids is 1. The predicted molar refractivity (Wildman–Crippen MR) is 150 cm³/mol. The molecule has 0 saturated carbocycles. The molecule has 2 unspecified atom stereocenters. The van der Waals surface area contributed by atoms with E-state index in [-0.39, 0.29) is 23.9 Å². The monoisotopic (exact) mass is 555 g/mol. The van der Waals surface area contributed by atoms with Crippen molar-refractivity contribution >= 4 is 40.8 Å². The number of amides is 1. The van der Waals surface area contributed by atoms with E-state index in [9.17, 15) is 9.18 Å². The van der Waals surface area contributed by atoms with E-state index in [4.69, 9.17) is 21.3 Å². The molecular weight excluding hydrogens is 525 g/mol. The number of hydrogen-bond donors (Lipinski definition) is 0. The minimum atomic E-state index is -0.204. The van der Waals surface area contributed by atoms with Crippen LogP contribution >= 0.6 is 23.4 Å². The highest BCUT2D eigenvalue weighted by molar-refractivity contribution is 7.98. The van der Waals surface area contributed by atoms with E-state index in [0.29, 0.717) is 66.6 Å². The second-order valence-electron chi connectivity index (χ2n) is 9.71. The summed E-state index contributed by atoms with van der Waals surface area (Å²) in [6, 6.07) is 16.3. The molecule has 2 fully saturated rings. The zero-order chi connectivity index (χ0) is 26.6. The molecule has 2 atom stereocenters. The van der Waals surface area contributed by atoms with E-state index in [1.165, 1.54) is 17.8 Å². The number of morpholine rings is 1. The van der Waals surface area contributed by atoms with Gasteiger partial charge in [0.05, 0.1) is 17.9 Å². The summed E-state index contributed by atoms with van der Waals surface area (Å²) in [7, 11) is 0. The van der Waals surface area contributed by atoms with Crippen LogP contribution in [-0.4, -0.2) is 72.3 Å². The largest absolute Gasteiger partial charge is 0.372 e. The Morgan fingerprint density at radius 1 is 1.00 bits per heavy atom. The molecular formula is C28H31ClFN5O2S. The molecule has 3 heterocycles. The van der Waals surface area contributed by atoms with Crippen molar-refractivity contribution in [2.24, 2.45) is 0 Å². The fourth-order valence-electron chi connectivity index (χ4n) is 4.96. The fourth-order valence-corrected chi connectivity index (χ4v) is 5.99. The summed E-state index contributed by atoms with van der Waals surface area (Å²) in [5.74, 6) is 1.19. The molecule has 0 aliphatic carbocycles. The van der Waals surface area contributed by atoms with E-state index in [1.54, 1.807) is 12.1 Å². The normalized spacial score (nSPS) is 20.1. The maximum absolute atomic E-state index is 14.2. The summed E-state index contributed by atoms with van der Waals surface area (Å²) in [4.78, 5) is 28.3. The Morgan fingerprint density at radius 2 is 1.71 bits per heavy atom. The molecule has 5 rings (SSSR count). The number of carbonyl (C=O) groups is 1. The molecule has 2 aromatic carbocycles. The van der Waals surface area contributed by atoms with E-state index < -0.39 is 0 Å². The lowest BCUT2D eigenvalue weighted by atomic mass is 10.1. The standard InChI is InChI=1S/C28H31ClFN5O2S/c1-19-16-35(17-20(2)37-19)27(36)22-7-5-6-21(14-22)18-38-28-31-25(29)15-26(32-28)34-12-10-33(11-13-34)24-9-4-3-8-23(24)30/h3-9,14-15,19-20H,10-13,16-18H2,1-2H3. The highest BCUT2D eigenvalue weighted by Gasteiger charge is 2.27. The lowest BCUT2D eigenvalue weighted by Gasteiger charge is -2.36. The third kappa shape index (κ3) is 6.39. The molecule has 1 aromatic heterocycles. The Morgan fingerprint density at radius 3 is 2.45 bits per heavy atom. The minimum absolute atomic E-state index is 0.0228. The molecule has 0 bridgehead atoms. The van der Waals surface area contributed by atoms with Gasteiger partial charge in [-0.1, -0.05) is 47.6 Å². The Kier molecular flexibility index (Phi) is 8.35. The number of rotatable bonds is 6. The van der Waals surface area contributed by atoms with Crippen molar-refractivity contribution < 1.29 is 13.9 Å². The first-order valence-corrected chi connectivity index (χ1v) is 14.2. The van der Waals surface area contributed by atoms with Gasteiger partial charge in [0.1, 0.15) is 16.8 Å². The maximum atomic E-state index is 14.2. The average Bonchev–Trinajstić information content (AvgIpc) is 2.91. The number of piperazine rings is 1. The molecule has 7 nitrogen and oxygen atoms in total. The van der Waals surface area contributed by atoms with Crippen LogP contribution in [0.25, 0.3) is 0 Å². The van der Waals surface area contributed by atoms with Crippen LogP contribution in [0.1, 0.15) is 29.8 Å². The van der Waals surface area contributed by atoms with Gasteiger partial charge in [-0.25, -0.2) is 14.4 Å². The summed E-state index contributed by atoms with van der Waals surface area (Å²) < 4.78 is 20.0. The lowest BCUT2D eigenvalue weighted by molar-refractivity contribution is -0.0586. The second kappa shape index (κ2) is 11.9. The van der Waals surface area contributed by atoms with Gasteiger partial charge in [-0.05, 0) is 43.7 Å². The Bertz CT molecular complexity index is 1280. The van der Waals surface area contributed by atoms with Crippen LogP contribution in [0.15, 0.2) is 59.8 Å². The number of hydrogen-bond acceptors (Lipinski definition) is 7. The molecule has 38 heavy (non-hydrogen) atoms. The van der Waals surface area contributed by atoms with Crippen molar-refractivity contribution in [3.63, 3.8) is 0 Å². The Labute approximate surface area is 231 Å². The minimum Gasteiger partial charge on any atom is -0.372 e. The topological polar surface area (TPSA) is 61.8 Å². The Balaban J connectivity index is 1.21. The van der Waals surface area contributed by atoms with Gasteiger partial charge in [0.15, 0.2) is 5.16 Å². The Hall–Kier alpha value is -2.88. The zero-order valence-corrected chi connectivity index (χ0v) is 23.1. The quantitative estimate of drug-likeness (QED) is 0.237. The molecule has 2 aliphatic rings. The van der Waals surface area contributed by atoms with Crippen molar-refractivity contribution in [1.82, 2.24) is 14.9 Å².